The Morgan fingerprint density at radius 2 is 1.95 bits per heavy atom. The molecule has 1 amide bonds. The summed E-state index contributed by atoms with van der Waals surface area (Å²) in [6.45, 7) is 6.90. The summed E-state index contributed by atoms with van der Waals surface area (Å²) >= 11 is 0. The SMILES string of the molecule is COC(=O)C1NCC2CCC1N(C(=O)OC(C)(C)C)C2. The van der Waals surface area contributed by atoms with Crippen molar-refractivity contribution in [3.8, 4) is 0 Å². The lowest BCUT2D eigenvalue weighted by Crippen LogP contribution is -2.55. The molecule has 0 aromatic rings. The van der Waals surface area contributed by atoms with Crippen molar-refractivity contribution < 1.29 is 19.1 Å². The zero-order chi connectivity index (χ0) is 14.9. The first-order chi connectivity index (χ1) is 9.31. The number of piperidine rings is 1. The highest BCUT2D eigenvalue weighted by Gasteiger charge is 2.44. The Bertz CT molecular complexity index is 391. The molecule has 3 heterocycles. The fourth-order valence-electron chi connectivity index (χ4n) is 2.91. The molecule has 0 saturated carbocycles. The fourth-order valence-corrected chi connectivity index (χ4v) is 2.91. The van der Waals surface area contributed by atoms with Crippen LogP contribution in [-0.2, 0) is 14.3 Å². The van der Waals surface area contributed by atoms with E-state index in [1.165, 1.54) is 7.11 Å². The van der Waals surface area contributed by atoms with Gasteiger partial charge in [0.15, 0.2) is 0 Å². The first-order valence-corrected chi connectivity index (χ1v) is 7.12. The standard InChI is InChI=1S/C14H24N2O4/c1-14(2,3)20-13(18)16-8-9-5-6-10(16)11(15-7-9)12(17)19-4/h9-11,15H,5-8H2,1-4H3. The van der Waals surface area contributed by atoms with Gasteiger partial charge in [0.05, 0.1) is 13.2 Å². The first-order valence-electron chi connectivity index (χ1n) is 7.12. The van der Waals surface area contributed by atoms with Crippen LogP contribution in [0.2, 0.25) is 0 Å². The second kappa shape index (κ2) is 5.60. The number of hydrogen-bond acceptors (Lipinski definition) is 5. The summed E-state index contributed by atoms with van der Waals surface area (Å²) in [6, 6.07) is -0.643. The Balaban J connectivity index is 2.16. The minimum absolute atomic E-state index is 0.184. The molecule has 0 radical (unpaired) electrons. The van der Waals surface area contributed by atoms with Crippen molar-refractivity contribution >= 4 is 12.1 Å². The summed E-state index contributed by atoms with van der Waals surface area (Å²) in [5.74, 6) is 0.0551. The van der Waals surface area contributed by atoms with Crippen LogP contribution >= 0.6 is 0 Å². The molecule has 3 unspecified atom stereocenters. The molecular formula is C14H24N2O4. The maximum absolute atomic E-state index is 12.3. The second-order valence-electron chi connectivity index (χ2n) is 6.55. The molecule has 20 heavy (non-hydrogen) atoms. The van der Waals surface area contributed by atoms with Crippen LogP contribution in [0.1, 0.15) is 33.6 Å². The Morgan fingerprint density at radius 3 is 2.55 bits per heavy atom. The Hall–Kier alpha value is -1.30. The molecule has 0 aliphatic carbocycles. The molecule has 114 valence electrons. The molecule has 3 atom stereocenters. The molecule has 3 fully saturated rings. The lowest BCUT2D eigenvalue weighted by atomic mass is 9.92. The molecule has 2 bridgehead atoms. The van der Waals surface area contributed by atoms with Crippen molar-refractivity contribution in [3.05, 3.63) is 0 Å². The van der Waals surface area contributed by atoms with E-state index in [-0.39, 0.29) is 18.1 Å². The van der Waals surface area contributed by atoms with E-state index < -0.39 is 11.6 Å². The molecule has 0 spiro atoms. The number of esters is 1. The average molecular weight is 284 g/mol. The van der Waals surface area contributed by atoms with E-state index in [1.54, 1.807) is 4.90 Å². The largest absolute Gasteiger partial charge is 0.468 e. The van der Waals surface area contributed by atoms with E-state index in [1.807, 2.05) is 20.8 Å². The van der Waals surface area contributed by atoms with Crippen LogP contribution in [0, 0.1) is 5.92 Å². The summed E-state index contributed by atoms with van der Waals surface area (Å²) in [5, 5.41) is 3.22. The van der Waals surface area contributed by atoms with Crippen LogP contribution in [0.25, 0.3) is 0 Å². The predicted octanol–water partition coefficient (Wildman–Crippen LogP) is 1.15. The summed E-state index contributed by atoms with van der Waals surface area (Å²) in [7, 11) is 1.37. The minimum atomic E-state index is -0.531. The lowest BCUT2D eigenvalue weighted by molar-refractivity contribution is -0.144. The molecule has 3 aliphatic heterocycles. The smallest absolute Gasteiger partial charge is 0.410 e. The molecule has 6 nitrogen and oxygen atoms in total. The van der Waals surface area contributed by atoms with Crippen LogP contribution < -0.4 is 5.32 Å². The highest BCUT2D eigenvalue weighted by molar-refractivity contribution is 5.78. The van der Waals surface area contributed by atoms with Gasteiger partial charge in [-0.1, -0.05) is 0 Å². The third kappa shape index (κ3) is 3.23. The number of hydrogen-bond donors (Lipinski definition) is 1. The fraction of sp³-hybridized carbons (Fsp3) is 0.857. The molecule has 3 aliphatic rings. The van der Waals surface area contributed by atoms with Crippen LogP contribution in [0.3, 0.4) is 0 Å². The van der Waals surface area contributed by atoms with E-state index in [2.05, 4.69) is 5.32 Å². The number of rotatable bonds is 1. The van der Waals surface area contributed by atoms with Gasteiger partial charge in [-0.15, -0.1) is 0 Å². The van der Waals surface area contributed by atoms with Gasteiger partial charge in [0, 0.05) is 13.1 Å². The summed E-state index contributed by atoms with van der Waals surface area (Å²) < 4.78 is 10.3. The van der Waals surface area contributed by atoms with Gasteiger partial charge in [-0.05, 0) is 39.5 Å². The van der Waals surface area contributed by atoms with Crippen LogP contribution in [0.15, 0.2) is 0 Å². The van der Waals surface area contributed by atoms with Gasteiger partial charge in [-0.2, -0.15) is 0 Å². The van der Waals surface area contributed by atoms with Crippen LogP contribution in [-0.4, -0.2) is 54.8 Å². The number of carbonyl (C=O) groups excluding carboxylic acids is 2. The maximum Gasteiger partial charge on any atom is 0.410 e. The molecule has 3 saturated heterocycles. The number of carbonyl (C=O) groups is 2. The van der Waals surface area contributed by atoms with Gasteiger partial charge in [-0.25, -0.2) is 4.79 Å². The minimum Gasteiger partial charge on any atom is -0.468 e. The zero-order valence-corrected chi connectivity index (χ0v) is 12.6. The summed E-state index contributed by atoms with van der Waals surface area (Å²) in [5.41, 5.74) is -0.531. The molecule has 6 heteroatoms. The summed E-state index contributed by atoms with van der Waals surface area (Å²) in [6.07, 6.45) is 1.48. The number of nitrogens with one attached hydrogen (secondary N) is 1. The van der Waals surface area contributed by atoms with Gasteiger partial charge < -0.3 is 19.7 Å². The van der Waals surface area contributed by atoms with E-state index in [0.717, 1.165) is 19.4 Å². The monoisotopic (exact) mass is 284 g/mol. The Morgan fingerprint density at radius 1 is 1.25 bits per heavy atom. The van der Waals surface area contributed by atoms with Gasteiger partial charge in [-0.3, -0.25) is 4.79 Å². The molecule has 3 rings (SSSR count). The van der Waals surface area contributed by atoms with Gasteiger partial charge in [0.1, 0.15) is 11.6 Å². The van der Waals surface area contributed by atoms with Gasteiger partial charge >= 0.3 is 12.1 Å². The zero-order valence-electron chi connectivity index (χ0n) is 12.6. The van der Waals surface area contributed by atoms with Crippen molar-refractivity contribution in [2.45, 2.75) is 51.3 Å². The number of nitrogens with zero attached hydrogens (tertiary/aromatic N) is 1. The van der Waals surface area contributed by atoms with E-state index in [4.69, 9.17) is 9.47 Å². The number of methoxy groups -OCH3 is 1. The quantitative estimate of drug-likeness (QED) is 0.732. The predicted molar refractivity (Wildman–Crippen MR) is 73.3 cm³/mol. The van der Waals surface area contributed by atoms with Gasteiger partial charge in [0.25, 0.3) is 0 Å². The average Bonchev–Trinajstić information content (AvgIpc) is 2.67. The van der Waals surface area contributed by atoms with E-state index in [9.17, 15) is 9.59 Å². The topological polar surface area (TPSA) is 67.9 Å². The molecule has 0 aromatic heterocycles. The first kappa shape index (κ1) is 15.1. The highest BCUT2D eigenvalue weighted by Crippen LogP contribution is 2.29. The third-order valence-electron chi connectivity index (χ3n) is 3.82. The van der Waals surface area contributed by atoms with Crippen molar-refractivity contribution in [3.63, 3.8) is 0 Å². The normalized spacial score (nSPS) is 29.8. The Kier molecular flexibility index (Phi) is 4.22. The second-order valence-corrected chi connectivity index (χ2v) is 6.55. The summed E-state index contributed by atoms with van der Waals surface area (Å²) in [4.78, 5) is 25.9. The highest BCUT2D eigenvalue weighted by atomic mass is 16.6. The van der Waals surface area contributed by atoms with Crippen molar-refractivity contribution in [2.24, 2.45) is 5.92 Å². The van der Waals surface area contributed by atoms with Crippen LogP contribution in [0.4, 0.5) is 4.79 Å². The van der Waals surface area contributed by atoms with Crippen molar-refractivity contribution in [2.75, 3.05) is 20.2 Å². The Labute approximate surface area is 119 Å². The maximum atomic E-state index is 12.3. The third-order valence-corrected chi connectivity index (χ3v) is 3.82. The van der Waals surface area contributed by atoms with Gasteiger partial charge in [0.2, 0.25) is 0 Å². The number of amides is 1. The number of fused-ring (bicyclic) bond motifs is 4. The van der Waals surface area contributed by atoms with Crippen molar-refractivity contribution in [1.82, 2.24) is 10.2 Å². The molecule has 0 aromatic carbocycles. The van der Waals surface area contributed by atoms with E-state index >= 15 is 0 Å². The molecule has 1 N–H and O–H groups in total. The lowest BCUT2D eigenvalue weighted by Gasteiger charge is -2.38. The number of ether oxygens (including phenoxy) is 2. The molecular weight excluding hydrogens is 260 g/mol. The van der Waals surface area contributed by atoms with Crippen molar-refractivity contribution in [1.29, 1.82) is 0 Å². The van der Waals surface area contributed by atoms with Crippen LogP contribution in [0.5, 0.6) is 0 Å². The van der Waals surface area contributed by atoms with E-state index in [0.29, 0.717) is 12.5 Å².